The quantitative estimate of drug-likeness (QED) is 0.879. The van der Waals surface area contributed by atoms with Gasteiger partial charge in [0.25, 0.3) is 5.89 Å². The van der Waals surface area contributed by atoms with Crippen LogP contribution in [0.2, 0.25) is 0 Å². The molecule has 1 aliphatic carbocycles. The molecule has 2 aromatic rings. The Morgan fingerprint density at radius 1 is 1.50 bits per heavy atom. The van der Waals surface area contributed by atoms with Crippen molar-refractivity contribution >= 4 is 22.2 Å². The summed E-state index contributed by atoms with van der Waals surface area (Å²) < 4.78 is 5.16. The molecule has 2 heterocycles. The molecule has 2 aromatic heterocycles. The van der Waals surface area contributed by atoms with Crippen molar-refractivity contribution in [3.63, 3.8) is 0 Å². The highest BCUT2D eigenvalue weighted by molar-refractivity contribution is 7.15. The number of anilines is 1. The van der Waals surface area contributed by atoms with Crippen LogP contribution < -0.4 is 5.32 Å². The maximum absolute atomic E-state index is 12.2. The molecule has 1 amide bonds. The van der Waals surface area contributed by atoms with E-state index in [-0.39, 0.29) is 11.8 Å². The summed E-state index contributed by atoms with van der Waals surface area (Å²) in [7, 11) is 0. The van der Waals surface area contributed by atoms with Gasteiger partial charge in [-0.25, -0.2) is 0 Å². The van der Waals surface area contributed by atoms with Crippen LogP contribution in [0.3, 0.4) is 0 Å². The fourth-order valence-corrected chi connectivity index (χ4v) is 3.01. The first-order chi connectivity index (χ1) is 9.74. The summed E-state index contributed by atoms with van der Waals surface area (Å²) in [5.74, 6) is 1.15. The Labute approximate surface area is 120 Å². The van der Waals surface area contributed by atoms with Gasteiger partial charge < -0.3 is 9.84 Å². The normalized spacial score (nSPS) is 18.1. The molecule has 5 nitrogen and oxygen atoms in total. The van der Waals surface area contributed by atoms with Gasteiger partial charge in [-0.2, -0.15) is 4.98 Å². The topological polar surface area (TPSA) is 68.0 Å². The van der Waals surface area contributed by atoms with Gasteiger partial charge in [-0.15, -0.1) is 11.3 Å². The number of amides is 1. The largest absolute Gasteiger partial charge is 0.334 e. The molecular weight excluding hydrogens is 274 g/mol. The number of aryl methyl sites for hydroxylation is 1. The second-order valence-electron chi connectivity index (χ2n) is 4.78. The smallest absolute Gasteiger partial charge is 0.260 e. The Morgan fingerprint density at radius 2 is 2.40 bits per heavy atom. The lowest BCUT2D eigenvalue weighted by atomic mass is 9.94. The third-order valence-electron chi connectivity index (χ3n) is 3.30. The first-order valence-electron chi connectivity index (χ1n) is 6.58. The number of carbonyl (C=O) groups is 1. The van der Waals surface area contributed by atoms with Crippen molar-refractivity contribution in [3.8, 4) is 11.5 Å². The molecule has 0 aliphatic heterocycles. The van der Waals surface area contributed by atoms with Crippen LogP contribution in [-0.2, 0) is 4.79 Å². The van der Waals surface area contributed by atoms with Gasteiger partial charge in [0, 0.05) is 5.92 Å². The zero-order valence-electron chi connectivity index (χ0n) is 11.1. The number of nitrogens with zero attached hydrogens (tertiary/aromatic N) is 2. The van der Waals surface area contributed by atoms with Crippen molar-refractivity contribution in [1.82, 2.24) is 10.1 Å². The second-order valence-corrected chi connectivity index (χ2v) is 5.70. The average Bonchev–Trinajstić information content (AvgIpc) is 3.08. The fraction of sp³-hybridized carbons (Fsp3) is 0.357. The Kier molecular flexibility index (Phi) is 3.64. The average molecular weight is 289 g/mol. The SMILES string of the molecule is Cc1noc(-c2ccsc2NC(=O)[C@@H]2CC=CCC2)n1. The number of hydrogen-bond donors (Lipinski definition) is 1. The van der Waals surface area contributed by atoms with E-state index in [0.717, 1.165) is 29.8 Å². The van der Waals surface area contributed by atoms with Crippen LogP contribution in [0.5, 0.6) is 0 Å². The highest BCUT2D eigenvalue weighted by atomic mass is 32.1. The molecule has 0 fully saturated rings. The van der Waals surface area contributed by atoms with Gasteiger partial charge in [0.2, 0.25) is 5.91 Å². The Morgan fingerprint density at radius 3 is 3.10 bits per heavy atom. The fourth-order valence-electron chi connectivity index (χ4n) is 2.23. The van der Waals surface area contributed by atoms with Crippen LogP contribution in [0, 0.1) is 12.8 Å². The van der Waals surface area contributed by atoms with E-state index < -0.39 is 0 Å². The van der Waals surface area contributed by atoms with E-state index in [1.165, 1.54) is 11.3 Å². The Hall–Kier alpha value is -1.95. The number of nitrogens with one attached hydrogen (secondary N) is 1. The molecule has 1 N–H and O–H groups in total. The van der Waals surface area contributed by atoms with Gasteiger partial charge in [-0.3, -0.25) is 4.79 Å². The molecule has 0 saturated carbocycles. The highest BCUT2D eigenvalue weighted by Gasteiger charge is 2.21. The molecule has 1 atom stereocenters. The van der Waals surface area contributed by atoms with Gasteiger partial charge in [-0.05, 0) is 37.6 Å². The van der Waals surface area contributed by atoms with Crippen LogP contribution in [0.4, 0.5) is 5.00 Å². The molecule has 0 aromatic carbocycles. The Balaban J connectivity index is 1.76. The number of rotatable bonds is 3. The number of carbonyl (C=O) groups excluding carboxylic acids is 1. The van der Waals surface area contributed by atoms with Crippen LogP contribution in [0.25, 0.3) is 11.5 Å². The highest BCUT2D eigenvalue weighted by Crippen LogP contribution is 2.33. The molecule has 0 radical (unpaired) electrons. The van der Waals surface area contributed by atoms with E-state index in [4.69, 9.17) is 4.52 Å². The van der Waals surface area contributed by atoms with E-state index in [9.17, 15) is 4.79 Å². The lowest BCUT2D eigenvalue weighted by molar-refractivity contribution is -0.120. The summed E-state index contributed by atoms with van der Waals surface area (Å²) >= 11 is 1.47. The predicted molar refractivity (Wildman–Crippen MR) is 77.5 cm³/mol. The van der Waals surface area contributed by atoms with E-state index in [1.807, 2.05) is 11.4 Å². The maximum atomic E-state index is 12.2. The minimum Gasteiger partial charge on any atom is -0.334 e. The standard InChI is InChI=1S/C14H15N3O2S/c1-9-15-13(19-17-9)11-7-8-20-14(11)16-12(18)10-5-3-2-4-6-10/h2-3,7-8,10H,4-6H2,1H3,(H,16,18)/t10-/m1/s1. The van der Waals surface area contributed by atoms with Crippen LogP contribution >= 0.6 is 11.3 Å². The third-order valence-corrected chi connectivity index (χ3v) is 4.13. The molecule has 1 aliphatic rings. The lowest BCUT2D eigenvalue weighted by Gasteiger charge is -2.16. The van der Waals surface area contributed by atoms with E-state index >= 15 is 0 Å². The van der Waals surface area contributed by atoms with Crippen LogP contribution in [-0.4, -0.2) is 16.0 Å². The number of thiophene rings is 1. The van der Waals surface area contributed by atoms with Crippen molar-refractivity contribution in [2.24, 2.45) is 5.92 Å². The predicted octanol–water partition coefficient (Wildman–Crippen LogP) is 3.40. The Bertz CT molecular complexity index is 644. The van der Waals surface area contributed by atoms with Gasteiger partial charge >= 0.3 is 0 Å². The molecule has 104 valence electrons. The summed E-state index contributed by atoms with van der Waals surface area (Å²) in [6, 6.07) is 1.88. The summed E-state index contributed by atoms with van der Waals surface area (Å²) in [6.45, 7) is 1.77. The number of aromatic nitrogens is 2. The van der Waals surface area contributed by atoms with Gasteiger partial charge in [0.05, 0.1) is 5.56 Å². The van der Waals surface area contributed by atoms with E-state index in [1.54, 1.807) is 6.92 Å². The first kappa shape index (κ1) is 13.1. The monoisotopic (exact) mass is 289 g/mol. The summed E-state index contributed by atoms with van der Waals surface area (Å²) in [5, 5.41) is 9.44. The van der Waals surface area contributed by atoms with Crippen LogP contribution in [0.15, 0.2) is 28.1 Å². The van der Waals surface area contributed by atoms with E-state index in [2.05, 4.69) is 27.6 Å². The van der Waals surface area contributed by atoms with Crippen molar-refractivity contribution in [3.05, 3.63) is 29.4 Å². The molecule has 6 heteroatoms. The van der Waals surface area contributed by atoms with Gasteiger partial charge in [0.15, 0.2) is 5.82 Å². The molecule has 0 saturated heterocycles. The summed E-state index contributed by atoms with van der Waals surface area (Å²) in [5.41, 5.74) is 0.787. The van der Waals surface area contributed by atoms with E-state index in [0.29, 0.717) is 11.7 Å². The van der Waals surface area contributed by atoms with Crippen LogP contribution in [0.1, 0.15) is 25.1 Å². The zero-order chi connectivity index (χ0) is 13.9. The van der Waals surface area contributed by atoms with Crippen molar-refractivity contribution in [1.29, 1.82) is 0 Å². The second kappa shape index (κ2) is 5.58. The molecule has 0 unspecified atom stereocenters. The third kappa shape index (κ3) is 2.65. The van der Waals surface area contributed by atoms with Crippen molar-refractivity contribution in [2.75, 3.05) is 5.32 Å². The molecule has 0 bridgehead atoms. The molecule has 20 heavy (non-hydrogen) atoms. The minimum atomic E-state index is 0.0550. The molecular formula is C14H15N3O2S. The first-order valence-corrected chi connectivity index (χ1v) is 7.46. The van der Waals surface area contributed by atoms with Gasteiger partial charge in [-0.1, -0.05) is 17.3 Å². The van der Waals surface area contributed by atoms with Gasteiger partial charge in [0.1, 0.15) is 5.00 Å². The number of allylic oxidation sites excluding steroid dienone is 2. The summed E-state index contributed by atoms with van der Waals surface area (Å²) in [4.78, 5) is 16.4. The minimum absolute atomic E-state index is 0.0550. The van der Waals surface area contributed by atoms with Crippen molar-refractivity contribution < 1.29 is 9.32 Å². The molecule has 3 rings (SSSR count). The maximum Gasteiger partial charge on any atom is 0.260 e. The number of hydrogen-bond acceptors (Lipinski definition) is 5. The van der Waals surface area contributed by atoms with Crippen molar-refractivity contribution in [2.45, 2.75) is 26.2 Å². The lowest BCUT2D eigenvalue weighted by Crippen LogP contribution is -2.23. The summed E-state index contributed by atoms with van der Waals surface area (Å²) in [6.07, 6.45) is 6.89. The molecule has 0 spiro atoms. The zero-order valence-corrected chi connectivity index (χ0v) is 11.9.